The lowest BCUT2D eigenvalue weighted by Crippen LogP contribution is -2.06. The Hall–Kier alpha value is -1.14. The highest BCUT2D eigenvalue weighted by Gasteiger charge is 2.02. The van der Waals surface area contributed by atoms with Crippen LogP contribution in [-0.2, 0) is 0 Å². The van der Waals surface area contributed by atoms with Gasteiger partial charge in [-0.1, -0.05) is 6.07 Å². The van der Waals surface area contributed by atoms with E-state index >= 15 is 0 Å². The van der Waals surface area contributed by atoms with Gasteiger partial charge in [-0.15, -0.1) is 0 Å². The van der Waals surface area contributed by atoms with Crippen molar-refractivity contribution in [3.8, 4) is 11.5 Å². The molecule has 0 aliphatic carbocycles. The number of nitrogens with zero attached hydrogens (tertiary/aromatic N) is 1. The highest BCUT2D eigenvalue weighted by molar-refractivity contribution is 14.1. The molecule has 0 aliphatic heterocycles. The van der Waals surface area contributed by atoms with Crippen molar-refractivity contribution >= 4 is 22.6 Å². The Kier molecular flexibility index (Phi) is 3.96. The molecule has 0 saturated carbocycles. The number of ether oxygens (including phenoxy) is 1. The van der Waals surface area contributed by atoms with E-state index in [2.05, 4.69) is 27.6 Å². The topological polar surface area (TPSA) is 48.1 Å². The molecule has 1 heterocycles. The second-order valence-corrected chi connectivity index (χ2v) is 5.01. The molecule has 3 nitrogen and oxygen atoms in total. The summed E-state index contributed by atoms with van der Waals surface area (Å²) in [6.07, 6.45) is 1.69. The van der Waals surface area contributed by atoms with Crippen molar-refractivity contribution in [2.45, 2.75) is 13.0 Å². The van der Waals surface area contributed by atoms with Crippen molar-refractivity contribution in [1.29, 1.82) is 0 Å². The minimum absolute atomic E-state index is 0.0540. The molecule has 0 saturated heterocycles. The van der Waals surface area contributed by atoms with Crippen LogP contribution in [0.3, 0.4) is 0 Å². The van der Waals surface area contributed by atoms with Crippen molar-refractivity contribution in [2.75, 3.05) is 0 Å². The third-order valence-corrected chi connectivity index (χ3v) is 2.93. The quantitative estimate of drug-likeness (QED) is 0.870. The van der Waals surface area contributed by atoms with Gasteiger partial charge in [0.05, 0.1) is 11.9 Å². The smallest absolute Gasteiger partial charge is 0.145 e. The number of benzene rings is 1. The molecule has 2 rings (SSSR count). The van der Waals surface area contributed by atoms with Gasteiger partial charge in [-0.2, -0.15) is 0 Å². The Bertz CT molecular complexity index is 497. The van der Waals surface area contributed by atoms with E-state index < -0.39 is 0 Å². The van der Waals surface area contributed by atoms with Gasteiger partial charge in [-0.3, -0.25) is 4.98 Å². The van der Waals surface area contributed by atoms with E-state index in [1.54, 1.807) is 6.20 Å². The zero-order chi connectivity index (χ0) is 12.3. The van der Waals surface area contributed by atoms with Gasteiger partial charge in [0.15, 0.2) is 0 Å². The van der Waals surface area contributed by atoms with Gasteiger partial charge >= 0.3 is 0 Å². The fourth-order valence-corrected chi connectivity index (χ4v) is 1.90. The van der Waals surface area contributed by atoms with Crippen LogP contribution in [0.4, 0.5) is 0 Å². The summed E-state index contributed by atoms with van der Waals surface area (Å²) >= 11 is 2.25. The standard InChI is InChI=1S/C13H13IN2O/c1-9(15)13-6-5-12(8-16-13)17-11-4-2-3-10(14)7-11/h2-9H,15H2,1H3. The van der Waals surface area contributed by atoms with E-state index in [-0.39, 0.29) is 6.04 Å². The van der Waals surface area contributed by atoms with Crippen molar-refractivity contribution < 1.29 is 4.74 Å². The van der Waals surface area contributed by atoms with Gasteiger partial charge in [0.25, 0.3) is 0 Å². The summed E-state index contributed by atoms with van der Waals surface area (Å²) in [7, 11) is 0. The summed E-state index contributed by atoms with van der Waals surface area (Å²) in [5.74, 6) is 1.53. The summed E-state index contributed by atoms with van der Waals surface area (Å²) in [5.41, 5.74) is 6.59. The van der Waals surface area contributed by atoms with E-state index in [0.29, 0.717) is 0 Å². The number of nitrogens with two attached hydrogens (primary N) is 1. The Morgan fingerprint density at radius 3 is 2.65 bits per heavy atom. The zero-order valence-electron chi connectivity index (χ0n) is 9.43. The fraction of sp³-hybridized carbons (Fsp3) is 0.154. The molecule has 88 valence electrons. The highest BCUT2D eigenvalue weighted by Crippen LogP contribution is 2.22. The predicted molar refractivity (Wildman–Crippen MR) is 76.1 cm³/mol. The molecule has 4 heteroatoms. The van der Waals surface area contributed by atoms with Crippen molar-refractivity contribution in [2.24, 2.45) is 5.73 Å². The number of pyridine rings is 1. The second kappa shape index (κ2) is 5.46. The maximum Gasteiger partial charge on any atom is 0.145 e. The molecule has 1 atom stereocenters. The van der Waals surface area contributed by atoms with Crippen molar-refractivity contribution in [1.82, 2.24) is 4.98 Å². The number of hydrogen-bond acceptors (Lipinski definition) is 3. The predicted octanol–water partition coefficient (Wildman–Crippen LogP) is 3.50. The Labute approximate surface area is 114 Å². The number of rotatable bonds is 3. The van der Waals surface area contributed by atoms with Crippen LogP contribution in [0.25, 0.3) is 0 Å². The molecule has 1 aromatic carbocycles. The number of halogens is 1. The average molecular weight is 340 g/mol. The third kappa shape index (κ3) is 3.41. The van der Waals surface area contributed by atoms with E-state index in [4.69, 9.17) is 10.5 Å². The summed E-state index contributed by atoms with van der Waals surface area (Å²) in [5, 5.41) is 0. The van der Waals surface area contributed by atoms with Crippen LogP contribution < -0.4 is 10.5 Å². The maximum atomic E-state index is 5.73. The summed E-state index contributed by atoms with van der Waals surface area (Å²) in [6, 6.07) is 11.6. The summed E-state index contributed by atoms with van der Waals surface area (Å²) in [4.78, 5) is 4.24. The molecule has 0 bridgehead atoms. The molecule has 0 amide bonds. The van der Waals surface area contributed by atoms with Crippen LogP contribution in [-0.4, -0.2) is 4.98 Å². The van der Waals surface area contributed by atoms with Crippen molar-refractivity contribution in [3.05, 3.63) is 51.9 Å². The highest BCUT2D eigenvalue weighted by atomic mass is 127. The summed E-state index contributed by atoms with van der Waals surface area (Å²) in [6.45, 7) is 1.91. The van der Waals surface area contributed by atoms with E-state index in [9.17, 15) is 0 Å². The minimum atomic E-state index is -0.0540. The monoisotopic (exact) mass is 340 g/mol. The molecule has 0 radical (unpaired) electrons. The SMILES string of the molecule is CC(N)c1ccc(Oc2cccc(I)c2)cn1. The molecule has 2 N–H and O–H groups in total. The van der Waals surface area contributed by atoms with Gasteiger partial charge in [0.1, 0.15) is 11.5 Å². The molecule has 0 fully saturated rings. The van der Waals surface area contributed by atoms with Crippen LogP contribution in [0.1, 0.15) is 18.7 Å². The van der Waals surface area contributed by atoms with Crippen LogP contribution >= 0.6 is 22.6 Å². The van der Waals surface area contributed by atoms with Crippen LogP contribution in [0.15, 0.2) is 42.6 Å². The number of hydrogen-bond donors (Lipinski definition) is 1. The average Bonchev–Trinajstić information content (AvgIpc) is 2.29. The van der Waals surface area contributed by atoms with E-state index in [1.165, 1.54) is 0 Å². The first-order valence-electron chi connectivity index (χ1n) is 5.30. The second-order valence-electron chi connectivity index (χ2n) is 3.77. The molecule has 0 aliphatic rings. The van der Waals surface area contributed by atoms with Gasteiger partial charge < -0.3 is 10.5 Å². The normalized spacial score (nSPS) is 12.2. The zero-order valence-corrected chi connectivity index (χ0v) is 11.6. The van der Waals surface area contributed by atoms with Gasteiger partial charge in [0.2, 0.25) is 0 Å². The first-order valence-corrected chi connectivity index (χ1v) is 6.38. The first-order chi connectivity index (χ1) is 8.15. The van der Waals surface area contributed by atoms with Crippen LogP contribution in [0, 0.1) is 3.57 Å². The molecule has 2 aromatic rings. The molecule has 1 unspecified atom stereocenters. The Balaban J connectivity index is 2.14. The van der Waals surface area contributed by atoms with Crippen LogP contribution in [0.2, 0.25) is 0 Å². The van der Waals surface area contributed by atoms with Gasteiger partial charge in [0, 0.05) is 9.61 Å². The lowest BCUT2D eigenvalue weighted by atomic mass is 10.2. The maximum absolute atomic E-state index is 5.73. The first kappa shape index (κ1) is 12.3. The van der Waals surface area contributed by atoms with E-state index in [0.717, 1.165) is 20.8 Å². The van der Waals surface area contributed by atoms with Gasteiger partial charge in [-0.05, 0) is 59.8 Å². The van der Waals surface area contributed by atoms with Crippen molar-refractivity contribution in [3.63, 3.8) is 0 Å². The third-order valence-electron chi connectivity index (χ3n) is 2.26. The lowest BCUT2D eigenvalue weighted by molar-refractivity contribution is 0.479. The van der Waals surface area contributed by atoms with Gasteiger partial charge in [-0.25, -0.2) is 0 Å². The molecular formula is C13H13IN2O. The summed E-state index contributed by atoms with van der Waals surface area (Å²) < 4.78 is 6.82. The fourth-order valence-electron chi connectivity index (χ4n) is 1.39. The largest absolute Gasteiger partial charge is 0.456 e. The minimum Gasteiger partial charge on any atom is -0.456 e. The Morgan fingerprint density at radius 2 is 2.06 bits per heavy atom. The molecular weight excluding hydrogens is 327 g/mol. The van der Waals surface area contributed by atoms with Crippen LogP contribution in [0.5, 0.6) is 11.5 Å². The Morgan fingerprint density at radius 1 is 1.24 bits per heavy atom. The molecule has 0 spiro atoms. The van der Waals surface area contributed by atoms with E-state index in [1.807, 2.05) is 43.3 Å². The number of aromatic nitrogens is 1. The molecule has 1 aromatic heterocycles. The lowest BCUT2D eigenvalue weighted by Gasteiger charge is -2.08. The molecule has 17 heavy (non-hydrogen) atoms.